The van der Waals surface area contributed by atoms with E-state index in [-0.39, 0.29) is 45.6 Å². The second kappa shape index (κ2) is 10.9. The van der Waals surface area contributed by atoms with Crippen LogP contribution in [0, 0.1) is 11.8 Å². The highest BCUT2D eigenvalue weighted by atomic mass is 16.5. The van der Waals surface area contributed by atoms with Crippen molar-refractivity contribution in [2.24, 2.45) is 11.8 Å². The quantitative estimate of drug-likeness (QED) is 0.260. The van der Waals surface area contributed by atoms with Gasteiger partial charge in [-0.1, -0.05) is 55.0 Å². The zero-order valence-corrected chi connectivity index (χ0v) is 21.7. The van der Waals surface area contributed by atoms with Gasteiger partial charge in [0.05, 0.1) is 43.1 Å². The Morgan fingerprint density at radius 3 is 2.44 bits per heavy atom. The number of fused-ring (bicyclic) bond motifs is 3. The lowest BCUT2D eigenvalue weighted by atomic mass is 9.87. The molecule has 0 radical (unpaired) electrons. The van der Waals surface area contributed by atoms with E-state index in [1.807, 2.05) is 59.5 Å². The van der Waals surface area contributed by atoms with Crippen molar-refractivity contribution < 1.29 is 22.0 Å². The third kappa shape index (κ3) is 4.85. The van der Waals surface area contributed by atoms with E-state index >= 15 is 0 Å². The Balaban J connectivity index is 0.00000194. The molecule has 4 aliphatic rings. The van der Waals surface area contributed by atoms with Crippen molar-refractivity contribution in [3.05, 3.63) is 113 Å². The van der Waals surface area contributed by atoms with E-state index in [1.165, 1.54) is 4.90 Å². The molecule has 39 heavy (non-hydrogen) atoms. The van der Waals surface area contributed by atoms with E-state index in [0.717, 1.165) is 41.7 Å². The van der Waals surface area contributed by atoms with Crippen LogP contribution in [0.5, 0.6) is 0 Å². The first-order valence-electron chi connectivity index (χ1n) is 13.5. The average molecular weight is 523 g/mol. The van der Waals surface area contributed by atoms with Gasteiger partial charge in [0.25, 0.3) is 11.8 Å². The first-order chi connectivity index (χ1) is 19.1. The van der Waals surface area contributed by atoms with Crippen LogP contribution in [0.1, 0.15) is 48.4 Å². The largest absolute Gasteiger partial charge is 0.375 e. The summed E-state index contributed by atoms with van der Waals surface area (Å²) in [4.78, 5) is 42.5. The molecule has 0 bridgehead atoms. The first kappa shape index (κ1) is 25.1. The van der Waals surface area contributed by atoms with Gasteiger partial charge in [-0.15, -0.1) is 5.73 Å². The highest BCUT2D eigenvalue weighted by Crippen LogP contribution is 2.41. The Bertz CT molecular complexity index is 1470. The van der Waals surface area contributed by atoms with Gasteiger partial charge in [0, 0.05) is 14.3 Å². The minimum absolute atomic E-state index is 0. The smallest absolute Gasteiger partial charge is 0.261 e. The minimum Gasteiger partial charge on any atom is -0.375 e. The van der Waals surface area contributed by atoms with Crippen molar-refractivity contribution >= 4 is 29.0 Å². The van der Waals surface area contributed by atoms with Gasteiger partial charge in [-0.2, -0.15) is 0 Å². The highest BCUT2D eigenvalue weighted by molar-refractivity contribution is 6.21. The summed E-state index contributed by atoms with van der Waals surface area (Å²) in [5.74, 6) is -0.282. The van der Waals surface area contributed by atoms with Crippen LogP contribution in [0.3, 0.4) is 0 Å². The van der Waals surface area contributed by atoms with Gasteiger partial charge in [-0.3, -0.25) is 19.3 Å². The number of para-hydroxylation sites is 1. The van der Waals surface area contributed by atoms with Crippen LogP contribution in [0.2, 0.25) is 0 Å². The lowest BCUT2D eigenvalue weighted by Gasteiger charge is -2.33. The Kier molecular flexibility index (Phi) is 6.97. The SMILES string of the molecule is O=C1c2ccccc2C(=O)N1CCOC/C1=C/C2CCCC2C(=O)N(CC2=CC=C=CC=C2)c2ccccc21.[HH].[HH]. The van der Waals surface area contributed by atoms with E-state index in [4.69, 9.17) is 4.74 Å². The average Bonchev–Trinajstić information content (AvgIpc) is 3.39. The summed E-state index contributed by atoms with van der Waals surface area (Å²) in [6.45, 7) is 1.24. The highest BCUT2D eigenvalue weighted by Gasteiger charge is 2.38. The lowest BCUT2D eigenvalue weighted by Crippen LogP contribution is -2.40. The number of benzene rings is 2. The molecule has 2 aromatic carbocycles. The summed E-state index contributed by atoms with van der Waals surface area (Å²) < 4.78 is 6.10. The van der Waals surface area contributed by atoms with Gasteiger partial charge in [-0.05, 0) is 66.3 Å². The summed E-state index contributed by atoms with van der Waals surface area (Å²) in [7, 11) is 0. The molecular formula is C33H34N2O4. The van der Waals surface area contributed by atoms with Crippen molar-refractivity contribution in [3.8, 4) is 0 Å². The van der Waals surface area contributed by atoms with E-state index in [1.54, 1.807) is 24.3 Å². The number of hydrogen-bond acceptors (Lipinski definition) is 4. The topological polar surface area (TPSA) is 66.9 Å². The van der Waals surface area contributed by atoms with Gasteiger partial charge < -0.3 is 9.64 Å². The molecule has 2 aliphatic heterocycles. The molecule has 1 saturated carbocycles. The van der Waals surface area contributed by atoms with Crippen LogP contribution in [0.4, 0.5) is 5.69 Å². The summed E-state index contributed by atoms with van der Waals surface area (Å²) in [5.41, 5.74) is 7.90. The van der Waals surface area contributed by atoms with Crippen LogP contribution in [0.15, 0.2) is 96.3 Å². The van der Waals surface area contributed by atoms with Crippen molar-refractivity contribution in [2.45, 2.75) is 19.3 Å². The van der Waals surface area contributed by atoms with Crippen molar-refractivity contribution in [3.63, 3.8) is 0 Å². The van der Waals surface area contributed by atoms with E-state index in [0.29, 0.717) is 24.3 Å². The Morgan fingerprint density at radius 2 is 1.64 bits per heavy atom. The summed E-state index contributed by atoms with van der Waals surface area (Å²) in [6.07, 6.45) is 14.8. The molecule has 1 fully saturated rings. The molecular weight excluding hydrogens is 488 g/mol. The fourth-order valence-corrected chi connectivity index (χ4v) is 5.99. The van der Waals surface area contributed by atoms with Crippen molar-refractivity contribution in [2.75, 3.05) is 31.2 Å². The molecule has 6 nitrogen and oxygen atoms in total. The molecule has 2 aromatic rings. The van der Waals surface area contributed by atoms with Crippen LogP contribution < -0.4 is 4.90 Å². The molecule has 2 unspecified atom stereocenters. The maximum atomic E-state index is 13.9. The zero-order valence-electron chi connectivity index (χ0n) is 21.7. The molecule has 6 heteroatoms. The molecule has 0 spiro atoms. The maximum absolute atomic E-state index is 13.9. The summed E-state index contributed by atoms with van der Waals surface area (Å²) in [6, 6.07) is 14.9. The lowest BCUT2D eigenvalue weighted by molar-refractivity contribution is -0.122. The normalized spacial score (nSPS) is 23.0. The van der Waals surface area contributed by atoms with E-state index < -0.39 is 0 Å². The molecule has 0 N–H and O–H groups in total. The number of ether oxygens (including phenoxy) is 1. The number of rotatable bonds is 7. The number of nitrogens with zero attached hydrogens (tertiary/aromatic N) is 2. The zero-order chi connectivity index (χ0) is 26.8. The monoisotopic (exact) mass is 522 g/mol. The number of amides is 3. The molecule has 3 amide bonds. The number of anilines is 1. The maximum Gasteiger partial charge on any atom is 0.261 e. The first-order valence-corrected chi connectivity index (χ1v) is 13.5. The molecule has 0 saturated heterocycles. The predicted molar refractivity (Wildman–Crippen MR) is 154 cm³/mol. The second-order valence-electron chi connectivity index (χ2n) is 10.3. The molecule has 2 heterocycles. The fourth-order valence-electron chi connectivity index (χ4n) is 5.99. The number of hydrogen-bond donors (Lipinski definition) is 0. The summed E-state index contributed by atoms with van der Waals surface area (Å²) in [5, 5.41) is 0. The Hall–Kier alpha value is -4.25. The van der Waals surface area contributed by atoms with Crippen LogP contribution in [-0.4, -0.2) is 48.9 Å². The van der Waals surface area contributed by atoms with Gasteiger partial charge >= 0.3 is 0 Å². The minimum atomic E-state index is -0.274. The molecule has 6 rings (SSSR count). The van der Waals surface area contributed by atoms with Crippen LogP contribution in [-0.2, 0) is 9.53 Å². The van der Waals surface area contributed by atoms with E-state index in [2.05, 4.69) is 11.8 Å². The number of carbonyl (C=O) groups is 3. The number of imide groups is 1. The van der Waals surface area contributed by atoms with Crippen molar-refractivity contribution in [1.29, 1.82) is 0 Å². The summed E-state index contributed by atoms with van der Waals surface area (Å²) >= 11 is 0. The second-order valence-corrected chi connectivity index (χ2v) is 10.3. The predicted octanol–water partition coefficient (Wildman–Crippen LogP) is 5.85. The molecule has 0 aromatic heterocycles. The van der Waals surface area contributed by atoms with Gasteiger partial charge in [0.2, 0.25) is 5.91 Å². The standard InChI is InChI=1S/C33H30N2O4.2H2/c36-31-27-16-9-12-24(27)20-25(22-39-19-18-34-32(37)28-14-5-6-15-29(28)33(34)38)26-13-7-8-17-30(26)35(31)21-23-10-3-1-2-4-11-23;;/h1,3-8,10-11,13-15,17,20,24,27H,9,12,16,18-19,21-22H2;2*1H/b25-20-;;. The molecule has 2 aliphatic carbocycles. The number of carbonyl (C=O) groups excluding carboxylic acids is 3. The van der Waals surface area contributed by atoms with Crippen LogP contribution in [0.25, 0.3) is 5.57 Å². The molecule has 2 atom stereocenters. The number of allylic oxidation sites excluding steroid dienone is 4. The molecule has 200 valence electrons. The van der Waals surface area contributed by atoms with Crippen LogP contribution >= 0.6 is 0 Å². The van der Waals surface area contributed by atoms with Gasteiger partial charge in [0.1, 0.15) is 0 Å². The Morgan fingerprint density at radius 1 is 0.897 bits per heavy atom. The fraction of sp³-hybridized carbons (Fsp3) is 0.273. The van der Waals surface area contributed by atoms with Gasteiger partial charge in [0.15, 0.2) is 0 Å². The Labute approximate surface area is 231 Å². The van der Waals surface area contributed by atoms with Crippen molar-refractivity contribution in [1.82, 2.24) is 4.90 Å². The third-order valence-electron chi connectivity index (χ3n) is 7.94. The van der Waals surface area contributed by atoms with E-state index in [9.17, 15) is 14.4 Å². The third-order valence-corrected chi connectivity index (χ3v) is 7.94. The van der Waals surface area contributed by atoms with Gasteiger partial charge in [-0.25, -0.2) is 0 Å².